The maximum absolute atomic E-state index is 14.2. The summed E-state index contributed by atoms with van der Waals surface area (Å²) in [6.45, 7) is 2.51. The molecule has 1 aromatic heterocycles. The molecule has 2 aromatic rings. The average Bonchev–Trinajstić information content (AvgIpc) is 2.44. The Morgan fingerprint density at radius 2 is 2.20 bits per heavy atom. The Labute approximate surface area is 115 Å². The molecular formula is C14H15FN2O3. The van der Waals surface area contributed by atoms with Gasteiger partial charge < -0.3 is 14.5 Å². The number of benzene rings is 1. The highest BCUT2D eigenvalue weighted by Crippen LogP contribution is 2.26. The molecule has 1 heterocycles. The molecule has 0 saturated heterocycles. The van der Waals surface area contributed by atoms with Crippen LogP contribution in [0, 0.1) is 5.82 Å². The van der Waals surface area contributed by atoms with E-state index in [9.17, 15) is 9.18 Å². The van der Waals surface area contributed by atoms with Gasteiger partial charge in [-0.25, -0.2) is 9.37 Å². The molecule has 0 fully saturated rings. The second-order valence-electron chi connectivity index (χ2n) is 4.04. The molecule has 0 saturated carbocycles. The van der Waals surface area contributed by atoms with Gasteiger partial charge in [0.15, 0.2) is 11.6 Å². The molecule has 2 rings (SSSR count). The van der Waals surface area contributed by atoms with E-state index in [-0.39, 0.29) is 29.2 Å². The van der Waals surface area contributed by atoms with Gasteiger partial charge in [0.25, 0.3) is 5.56 Å². The van der Waals surface area contributed by atoms with Gasteiger partial charge in [-0.3, -0.25) is 4.79 Å². The third kappa shape index (κ3) is 3.03. The maximum atomic E-state index is 14.2. The van der Waals surface area contributed by atoms with Gasteiger partial charge in [-0.15, -0.1) is 0 Å². The summed E-state index contributed by atoms with van der Waals surface area (Å²) in [5.41, 5.74) is 0.111. The predicted molar refractivity (Wildman–Crippen MR) is 72.1 cm³/mol. The smallest absolute Gasteiger partial charge is 0.251 e. The maximum Gasteiger partial charge on any atom is 0.251 e. The first-order valence-corrected chi connectivity index (χ1v) is 6.16. The van der Waals surface area contributed by atoms with E-state index in [0.717, 1.165) is 0 Å². The summed E-state index contributed by atoms with van der Waals surface area (Å²) in [6.07, 6.45) is 0. The second-order valence-corrected chi connectivity index (χ2v) is 4.04. The summed E-state index contributed by atoms with van der Waals surface area (Å²) in [7, 11) is 1.38. The van der Waals surface area contributed by atoms with Crippen LogP contribution in [0.5, 0.6) is 5.75 Å². The molecule has 0 unspecified atom stereocenters. The van der Waals surface area contributed by atoms with Crippen molar-refractivity contribution in [3.8, 4) is 17.0 Å². The van der Waals surface area contributed by atoms with Crippen molar-refractivity contribution < 1.29 is 13.9 Å². The largest absolute Gasteiger partial charge is 0.494 e. The number of nitrogens with one attached hydrogen (secondary N) is 1. The van der Waals surface area contributed by atoms with Gasteiger partial charge in [-0.1, -0.05) is 6.07 Å². The van der Waals surface area contributed by atoms with E-state index in [1.807, 2.05) is 6.92 Å². The van der Waals surface area contributed by atoms with E-state index in [1.165, 1.54) is 19.2 Å². The van der Waals surface area contributed by atoms with Crippen LogP contribution in [-0.4, -0.2) is 23.7 Å². The van der Waals surface area contributed by atoms with E-state index in [1.54, 1.807) is 12.1 Å². The van der Waals surface area contributed by atoms with Crippen molar-refractivity contribution in [2.45, 2.75) is 13.5 Å². The van der Waals surface area contributed by atoms with Crippen molar-refractivity contribution in [2.24, 2.45) is 0 Å². The fourth-order valence-corrected chi connectivity index (χ4v) is 1.78. The SMILES string of the molecule is CCOCc1nc(-c2cccc(OC)c2F)cc(=O)[nH]1. The average molecular weight is 278 g/mol. The normalized spacial score (nSPS) is 10.6. The molecule has 0 aliphatic carbocycles. The summed E-state index contributed by atoms with van der Waals surface area (Å²) in [6, 6.07) is 5.94. The molecule has 0 aliphatic rings. The van der Waals surface area contributed by atoms with Gasteiger partial charge in [-0.2, -0.15) is 0 Å². The van der Waals surface area contributed by atoms with Gasteiger partial charge in [0, 0.05) is 18.2 Å². The molecule has 0 atom stereocenters. The molecule has 0 spiro atoms. The summed E-state index contributed by atoms with van der Waals surface area (Å²) < 4.78 is 24.3. The van der Waals surface area contributed by atoms with Gasteiger partial charge in [0.05, 0.1) is 12.8 Å². The van der Waals surface area contributed by atoms with E-state index < -0.39 is 5.82 Å². The first kappa shape index (κ1) is 14.2. The van der Waals surface area contributed by atoms with Gasteiger partial charge in [0.2, 0.25) is 0 Å². The van der Waals surface area contributed by atoms with Crippen LogP contribution in [0.4, 0.5) is 4.39 Å². The first-order chi connectivity index (χ1) is 9.65. The molecule has 0 radical (unpaired) electrons. The van der Waals surface area contributed by atoms with Crippen LogP contribution in [0.3, 0.4) is 0 Å². The molecule has 0 bridgehead atoms. The highest BCUT2D eigenvalue weighted by Gasteiger charge is 2.13. The summed E-state index contributed by atoms with van der Waals surface area (Å²) in [5, 5.41) is 0. The highest BCUT2D eigenvalue weighted by atomic mass is 19.1. The standard InChI is InChI=1S/C14H15FN2O3/c1-3-20-8-12-16-10(7-13(18)17-12)9-5-4-6-11(19-2)14(9)15/h4-7H,3,8H2,1-2H3,(H,16,17,18). The van der Waals surface area contributed by atoms with E-state index in [2.05, 4.69) is 9.97 Å². The fraction of sp³-hybridized carbons (Fsp3) is 0.286. The van der Waals surface area contributed by atoms with Crippen LogP contribution >= 0.6 is 0 Å². The van der Waals surface area contributed by atoms with E-state index in [4.69, 9.17) is 9.47 Å². The van der Waals surface area contributed by atoms with Crippen molar-refractivity contribution in [2.75, 3.05) is 13.7 Å². The Hall–Kier alpha value is -2.21. The van der Waals surface area contributed by atoms with Gasteiger partial charge in [0.1, 0.15) is 12.4 Å². The molecule has 6 heteroatoms. The third-order valence-electron chi connectivity index (χ3n) is 2.69. The Morgan fingerprint density at radius 1 is 1.40 bits per heavy atom. The quantitative estimate of drug-likeness (QED) is 0.910. The molecule has 0 aliphatic heterocycles. The number of ether oxygens (including phenoxy) is 2. The Kier molecular flexibility index (Phi) is 4.47. The van der Waals surface area contributed by atoms with Crippen molar-refractivity contribution in [3.05, 3.63) is 46.3 Å². The van der Waals surface area contributed by atoms with E-state index in [0.29, 0.717) is 12.4 Å². The highest BCUT2D eigenvalue weighted by molar-refractivity contribution is 5.62. The lowest BCUT2D eigenvalue weighted by Crippen LogP contribution is -2.12. The van der Waals surface area contributed by atoms with Gasteiger partial charge >= 0.3 is 0 Å². The van der Waals surface area contributed by atoms with Gasteiger partial charge in [-0.05, 0) is 19.1 Å². The Morgan fingerprint density at radius 3 is 2.90 bits per heavy atom. The number of hydrogen-bond acceptors (Lipinski definition) is 4. The number of methoxy groups -OCH3 is 1. The van der Waals surface area contributed by atoms with Crippen LogP contribution < -0.4 is 10.3 Å². The summed E-state index contributed by atoms with van der Waals surface area (Å²) >= 11 is 0. The number of rotatable bonds is 5. The molecule has 106 valence electrons. The lowest BCUT2D eigenvalue weighted by Gasteiger charge is -2.08. The lowest BCUT2D eigenvalue weighted by atomic mass is 10.1. The summed E-state index contributed by atoms with van der Waals surface area (Å²) in [5.74, 6) is -0.0806. The van der Waals surface area contributed by atoms with Crippen molar-refractivity contribution in [1.82, 2.24) is 9.97 Å². The van der Waals surface area contributed by atoms with Crippen molar-refractivity contribution in [3.63, 3.8) is 0 Å². The number of H-pyrrole nitrogens is 1. The lowest BCUT2D eigenvalue weighted by molar-refractivity contribution is 0.128. The van der Waals surface area contributed by atoms with Crippen LogP contribution in [0.15, 0.2) is 29.1 Å². The molecular weight excluding hydrogens is 263 g/mol. The Balaban J connectivity index is 2.47. The van der Waals surface area contributed by atoms with Crippen LogP contribution in [-0.2, 0) is 11.3 Å². The predicted octanol–water partition coefficient (Wildman–Crippen LogP) is 2.12. The van der Waals surface area contributed by atoms with Crippen LogP contribution in [0.2, 0.25) is 0 Å². The summed E-state index contributed by atoms with van der Waals surface area (Å²) in [4.78, 5) is 18.4. The zero-order valence-electron chi connectivity index (χ0n) is 11.3. The number of aromatic amines is 1. The topological polar surface area (TPSA) is 64.2 Å². The first-order valence-electron chi connectivity index (χ1n) is 6.16. The Bertz CT molecular complexity index is 655. The minimum atomic E-state index is -0.546. The molecule has 1 aromatic carbocycles. The molecule has 20 heavy (non-hydrogen) atoms. The second kappa shape index (κ2) is 6.29. The van der Waals surface area contributed by atoms with Crippen molar-refractivity contribution in [1.29, 1.82) is 0 Å². The number of nitrogens with zero attached hydrogens (tertiary/aromatic N) is 1. The minimum Gasteiger partial charge on any atom is -0.494 e. The number of halogens is 1. The zero-order chi connectivity index (χ0) is 14.5. The number of hydrogen-bond donors (Lipinski definition) is 1. The molecule has 5 nitrogen and oxygen atoms in total. The monoisotopic (exact) mass is 278 g/mol. The zero-order valence-corrected chi connectivity index (χ0v) is 11.3. The van der Waals surface area contributed by atoms with E-state index >= 15 is 0 Å². The van der Waals surface area contributed by atoms with Crippen LogP contribution in [0.25, 0.3) is 11.3 Å². The van der Waals surface area contributed by atoms with Crippen LogP contribution in [0.1, 0.15) is 12.7 Å². The third-order valence-corrected chi connectivity index (χ3v) is 2.69. The van der Waals surface area contributed by atoms with Crippen molar-refractivity contribution >= 4 is 0 Å². The fourth-order valence-electron chi connectivity index (χ4n) is 1.78. The molecule has 1 N–H and O–H groups in total. The minimum absolute atomic E-state index is 0.107. The number of aromatic nitrogens is 2. The molecule has 0 amide bonds.